The molecule has 1 aromatic rings. The van der Waals surface area contributed by atoms with E-state index in [9.17, 15) is 39.9 Å². The van der Waals surface area contributed by atoms with E-state index < -0.39 is 75.3 Å². The molecule has 0 heterocycles. The fraction of sp³-hybridized carbons (Fsp3) is 0.350. The Balaban J connectivity index is 2.02. The van der Waals surface area contributed by atoms with Crippen molar-refractivity contribution in [3.63, 3.8) is 0 Å². The van der Waals surface area contributed by atoms with Gasteiger partial charge in [0.25, 0.3) is 5.91 Å². The standard InChI is InChI=1S/C20H20N2O8/c1-19(29)7-2-3-9(21)14(24)11(7)15(25)12-8(19)4-6-5-10(23)13(18(22)28)17(27)20(6,30)16(12)26/h2-3,6,8,24-25,27,29-30H,4-5,21H2,1H3,(H2,22,28)/t6-,8-,19-,20-/m0/s1. The maximum absolute atomic E-state index is 13.4. The van der Waals surface area contributed by atoms with Crippen LogP contribution in [0.4, 0.5) is 5.69 Å². The van der Waals surface area contributed by atoms with Gasteiger partial charge in [-0.25, -0.2) is 0 Å². The van der Waals surface area contributed by atoms with Gasteiger partial charge in [-0.15, -0.1) is 0 Å². The lowest BCUT2D eigenvalue weighted by Crippen LogP contribution is -2.60. The molecule has 4 rings (SSSR count). The first-order valence-corrected chi connectivity index (χ1v) is 9.16. The van der Waals surface area contributed by atoms with E-state index in [0.29, 0.717) is 0 Å². The van der Waals surface area contributed by atoms with E-state index in [-0.39, 0.29) is 23.2 Å². The van der Waals surface area contributed by atoms with Crippen LogP contribution in [-0.2, 0) is 20.0 Å². The van der Waals surface area contributed by atoms with Crippen LogP contribution in [0.2, 0.25) is 0 Å². The van der Waals surface area contributed by atoms with Gasteiger partial charge in [-0.2, -0.15) is 0 Å². The van der Waals surface area contributed by atoms with E-state index in [0.717, 1.165) is 0 Å². The van der Waals surface area contributed by atoms with Gasteiger partial charge in [0.1, 0.15) is 22.8 Å². The second kappa shape index (κ2) is 5.83. The first-order valence-electron chi connectivity index (χ1n) is 9.16. The Morgan fingerprint density at radius 2 is 1.80 bits per heavy atom. The molecule has 0 spiro atoms. The number of aliphatic hydroxyl groups is 4. The van der Waals surface area contributed by atoms with Gasteiger partial charge in [-0.05, 0) is 25.0 Å². The Bertz CT molecular complexity index is 1120. The van der Waals surface area contributed by atoms with E-state index in [2.05, 4.69) is 0 Å². The number of phenols is 1. The fourth-order valence-electron chi connectivity index (χ4n) is 4.93. The summed E-state index contributed by atoms with van der Waals surface area (Å²) in [5.74, 6) is -8.02. The van der Waals surface area contributed by atoms with Gasteiger partial charge < -0.3 is 37.0 Å². The number of hydrogen-bond donors (Lipinski definition) is 7. The summed E-state index contributed by atoms with van der Waals surface area (Å²) in [4.78, 5) is 37.3. The summed E-state index contributed by atoms with van der Waals surface area (Å²) < 4.78 is 0. The Hall–Kier alpha value is -3.37. The van der Waals surface area contributed by atoms with Crippen LogP contribution >= 0.6 is 0 Å². The summed E-state index contributed by atoms with van der Waals surface area (Å²) in [5.41, 5.74) is 4.73. The minimum atomic E-state index is -2.69. The molecule has 10 heteroatoms. The number of rotatable bonds is 1. The molecule has 1 amide bonds. The largest absolute Gasteiger partial charge is 0.508 e. The third kappa shape index (κ3) is 2.17. The molecule has 0 saturated heterocycles. The van der Waals surface area contributed by atoms with Crippen molar-refractivity contribution in [3.05, 3.63) is 40.2 Å². The normalized spacial score (nSPS) is 33.2. The minimum Gasteiger partial charge on any atom is -0.508 e. The van der Waals surface area contributed by atoms with Gasteiger partial charge in [0.05, 0.1) is 16.9 Å². The number of phenolic OH excluding ortho intramolecular Hbond substituents is 1. The highest BCUT2D eigenvalue weighted by Crippen LogP contribution is 2.57. The van der Waals surface area contributed by atoms with Gasteiger partial charge >= 0.3 is 0 Å². The molecule has 0 aromatic heterocycles. The highest BCUT2D eigenvalue weighted by Gasteiger charge is 2.63. The first kappa shape index (κ1) is 19.9. The summed E-state index contributed by atoms with van der Waals surface area (Å²) >= 11 is 0. The maximum atomic E-state index is 13.4. The highest BCUT2D eigenvalue weighted by molar-refractivity contribution is 6.22. The number of carbonyl (C=O) groups is 3. The molecule has 0 radical (unpaired) electrons. The molecule has 4 atom stereocenters. The Labute approximate surface area is 169 Å². The molecule has 0 bridgehead atoms. The molecule has 30 heavy (non-hydrogen) atoms. The zero-order chi connectivity index (χ0) is 22.3. The van der Waals surface area contributed by atoms with E-state index >= 15 is 0 Å². The number of fused-ring (bicyclic) bond motifs is 3. The van der Waals surface area contributed by atoms with Crippen molar-refractivity contribution in [1.29, 1.82) is 0 Å². The monoisotopic (exact) mass is 416 g/mol. The highest BCUT2D eigenvalue weighted by atomic mass is 16.3. The van der Waals surface area contributed by atoms with Crippen LogP contribution in [0.5, 0.6) is 5.75 Å². The minimum absolute atomic E-state index is 0.110. The lowest BCUT2D eigenvalue weighted by molar-refractivity contribution is -0.152. The van der Waals surface area contributed by atoms with Gasteiger partial charge in [0, 0.05) is 23.8 Å². The van der Waals surface area contributed by atoms with Crippen molar-refractivity contribution in [2.24, 2.45) is 17.6 Å². The Morgan fingerprint density at radius 1 is 1.17 bits per heavy atom. The number of nitrogen functional groups attached to an aromatic ring is 1. The summed E-state index contributed by atoms with van der Waals surface area (Å²) in [6.07, 6.45) is -0.647. The van der Waals surface area contributed by atoms with E-state index in [1.54, 1.807) is 0 Å². The van der Waals surface area contributed by atoms with Crippen molar-refractivity contribution in [1.82, 2.24) is 0 Å². The quantitative estimate of drug-likeness (QED) is 0.182. The average Bonchev–Trinajstić information content (AvgIpc) is 2.64. The lowest BCUT2D eigenvalue weighted by atomic mass is 9.56. The maximum Gasteiger partial charge on any atom is 0.255 e. The van der Waals surface area contributed by atoms with Gasteiger partial charge in [-0.1, -0.05) is 6.07 Å². The third-order valence-corrected chi connectivity index (χ3v) is 6.53. The number of amides is 1. The summed E-state index contributed by atoms with van der Waals surface area (Å²) in [6.45, 7) is 1.37. The second-order valence-corrected chi connectivity index (χ2v) is 8.13. The van der Waals surface area contributed by atoms with Crippen molar-refractivity contribution in [2.45, 2.75) is 31.0 Å². The first-order chi connectivity index (χ1) is 13.8. The number of ketones is 2. The van der Waals surface area contributed by atoms with Crippen LogP contribution in [-0.4, -0.2) is 48.6 Å². The smallest absolute Gasteiger partial charge is 0.255 e. The van der Waals surface area contributed by atoms with Gasteiger partial charge in [-0.3, -0.25) is 14.4 Å². The Morgan fingerprint density at radius 3 is 2.40 bits per heavy atom. The number of nitrogens with two attached hydrogens (primary N) is 2. The van der Waals surface area contributed by atoms with Gasteiger partial charge in [0.15, 0.2) is 11.4 Å². The van der Waals surface area contributed by atoms with Crippen LogP contribution < -0.4 is 11.5 Å². The molecular formula is C20H20N2O8. The average molecular weight is 416 g/mol. The van der Waals surface area contributed by atoms with Crippen LogP contribution in [0.1, 0.15) is 30.9 Å². The molecular weight excluding hydrogens is 396 g/mol. The molecule has 1 saturated carbocycles. The molecule has 9 N–H and O–H groups in total. The van der Waals surface area contributed by atoms with Crippen LogP contribution in [0.15, 0.2) is 29.0 Å². The van der Waals surface area contributed by atoms with E-state index in [1.807, 2.05) is 0 Å². The molecule has 1 fully saturated rings. The zero-order valence-electron chi connectivity index (χ0n) is 15.8. The van der Waals surface area contributed by atoms with Crippen LogP contribution in [0, 0.1) is 11.8 Å². The predicted molar refractivity (Wildman–Crippen MR) is 102 cm³/mol. The fourth-order valence-corrected chi connectivity index (χ4v) is 4.93. The second-order valence-electron chi connectivity index (χ2n) is 8.13. The number of anilines is 1. The number of Topliss-reactive ketones (excluding diaryl/α,β-unsaturated/α-hetero) is 2. The zero-order valence-corrected chi connectivity index (χ0v) is 15.8. The molecule has 3 aliphatic carbocycles. The summed E-state index contributed by atoms with van der Waals surface area (Å²) in [7, 11) is 0. The van der Waals surface area contributed by atoms with E-state index in [4.69, 9.17) is 11.5 Å². The number of primary amides is 1. The van der Waals surface area contributed by atoms with Crippen molar-refractivity contribution < 1.29 is 39.9 Å². The summed E-state index contributed by atoms with van der Waals surface area (Å²) in [6, 6.07) is 2.73. The van der Waals surface area contributed by atoms with Crippen molar-refractivity contribution in [2.75, 3.05) is 5.73 Å². The molecule has 1 aromatic carbocycles. The predicted octanol–water partition coefficient (Wildman–Crippen LogP) is -0.329. The van der Waals surface area contributed by atoms with Crippen LogP contribution in [0.3, 0.4) is 0 Å². The lowest BCUT2D eigenvalue weighted by Gasteiger charge is -2.50. The number of aromatic hydroxyl groups is 1. The number of carbonyl (C=O) groups excluding carboxylic acids is 3. The number of hydrogen-bond acceptors (Lipinski definition) is 9. The SMILES string of the molecule is C[C@]1(O)c2ccc(N)c(O)c2C(O)=C2C(=O)[C@]3(O)C(O)=C(C(N)=O)C(=O)C[C@@H]3C[C@@H]21. The topological polar surface area (TPSA) is 204 Å². The number of aliphatic hydroxyl groups excluding tert-OH is 2. The Kier molecular flexibility index (Phi) is 3.87. The van der Waals surface area contributed by atoms with Crippen molar-refractivity contribution in [3.8, 4) is 5.75 Å². The molecule has 158 valence electrons. The number of benzene rings is 1. The molecule has 0 unspecified atom stereocenters. The molecule has 10 nitrogen and oxygen atoms in total. The van der Waals surface area contributed by atoms with Crippen molar-refractivity contribution >= 4 is 28.9 Å². The summed E-state index contributed by atoms with van der Waals surface area (Å²) in [5, 5.41) is 54.1. The molecule has 3 aliphatic rings. The third-order valence-electron chi connectivity index (χ3n) is 6.53. The van der Waals surface area contributed by atoms with Crippen LogP contribution in [0.25, 0.3) is 5.76 Å². The van der Waals surface area contributed by atoms with Gasteiger partial charge in [0.2, 0.25) is 5.78 Å². The molecule has 0 aliphatic heterocycles. The van der Waals surface area contributed by atoms with E-state index in [1.165, 1.54) is 19.1 Å².